The van der Waals surface area contributed by atoms with E-state index in [2.05, 4.69) is 10.2 Å². The molecule has 1 aliphatic rings. The van der Waals surface area contributed by atoms with Gasteiger partial charge in [-0.25, -0.2) is 13.4 Å². The first-order valence-electron chi connectivity index (χ1n) is 12.0. The molecule has 212 valence electrons. The van der Waals surface area contributed by atoms with Crippen LogP contribution in [0.15, 0.2) is 27.5 Å². The van der Waals surface area contributed by atoms with Crippen molar-refractivity contribution in [2.24, 2.45) is 5.92 Å². The summed E-state index contributed by atoms with van der Waals surface area (Å²) in [6.07, 6.45) is -0.659. The summed E-state index contributed by atoms with van der Waals surface area (Å²) in [6, 6.07) is 1.51. The van der Waals surface area contributed by atoms with E-state index in [9.17, 15) is 26.4 Å². The molecule has 1 aromatic carbocycles. The van der Waals surface area contributed by atoms with Crippen molar-refractivity contribution in [2.45, 2.75) is 75.6 Å². The van der Waals surface area contributed by atoms with Crippen molar-refractivity contribution < 1.29 is 35.5 Å². The largest absolute Gasteiger partial charge is 0.461 e. The number of benzene rings is 1. The highest BCUT2D eigenvalue weighted by Gasteiger charge is 2.39. The molecule has 0 radical (unpaired) electrons. The molecule has 15 heteroatoms. The molecule has 2 heterocycles. The Morgan fingerprint density at radius 1 is 1.28 bits per heavy atom. The first-order valence-corrected chi connectivity index (χ1v) is 14.7. The summed E-state index contributed by atoms with van der Waals surface area (Å²) in [6.45, 7) is 4.48. The summed E-state index contributed by atoms with van der Waals surface area (Å²) in [4.78, 5) is 15.7. The van der Waals surface area contributed by atoms with E-state index in [4.69, 9.17) is 25.7 Å². The van der Waals surface area contributed by atoms with Crippen LogP contribution in [-0.2, 0) is 32.4 Å². The fourth-order valence-electron chi connectivity index (χ4n) is 3.92. The number of rotatable bonds is 11. The van der Waals surface area contributed by atoms with Crippen molar-refractivity contribution in [2.75, 3.05) is 0 Å². The average molecular weight is 607 g/mol. The number of carbonyl (C=O) groups is 1. The zero-order valence-corrected chi connectivity index (χ0v) is 23.6. The SMILES string of the molecule is C[C@H](NS(=O)(=O)c1ccc(-c2sc(-c3nnc(CC(C)(C)OC=O)o3)nc2CC2CCC2)c(Cl)c1)C(F)(F)F. The van der Waals surface area contributed by atoms with Crippen LogP contribution in [0.2, 0.25) is 5.02 Å². The number of aromatic nitrogens is 3. The molecule has 4 rings (SSSR count). The maximum absolute atomic E-state index is 12.9. The molecule has 1 fully saturated rings. The molecule has 0 aliphatic heterocycles. The van der Waals surface area contributed by atoms with Crippen molar-refractivity contribution in [1.82, 2.24) is 19.9 Å². The summed E-state index contributed by atoms with van der Waals surface area (Å²) in [5, 5.41) is 8.59. The summed E-state index contributed by atoms with van der Waals surface area (Å²) in [5.41, 5.74) is 0.361. The average Bonchev–Trinajstić information content (AvgIpc) is 3.41. The van der Waals surface area contributed by atoms with Crippen LogP contribution in [0.1, 0.15) is 51.6 Å². The Hall–Kier alpha value is -2.55. The lowest BCUT2D eigenvalue weighted by molar-refractivity contribution is -0.147. The van der Waals surface area contributed by atoms with Crippen LogP contribution in [0.25, 0.3) is 21.3 Å². The van der Waals surface area contributed by atoms with Gasteiger partial charge in [0.05, 0.1) is 26.9 Å². The van der Waals surface area contributed by atoms with E-state index in [0.29, 0.717) is 34.3 Å². The molecule has 0 bridgehead atoms. The molecule has 0 spiro atoms. The molecule has 9 nitrogen and oxygen atoms in total. The molecule has 1 aliphatic carbocycles. The Labute approximate surface area is 232 Å². The van der Waals surface area contributed by atoms with E-state index in [1.54, 1.807) is 18.6 Å². The zero-order chi connectivity index (χ0) is 28.6. The number of hydrogen-bond acceptors (Lipinski definition) is 9. The predicted octanol–water partition coefficient (Wildman–Crippen LogP) is 5.58. The van der Waals surface area contributed by atoms with E-state index in [1.165, 1.54) is 23.5 Å². The standard InChI is InChI=1S/C24H26ClF3N4O5S2/c1-13(24(26,27)28)32-39(34,35)15-7-8-16(17(25)10-15)20-18(9-14-5-4-6-14)29-22(38-20)21-31-30-19(37-21)11-23(2,3)36-12-33/h7-8,10,12-14,32H,4-6,9,11H2,1-3H3/t13-/m0/s1. The van der Waals surface area contributed by atoms with E-state index in [0.717, 1.165) is 37.9 Å². The van der Waals surface area contributed by atoms with Gasteiger partial charge < -0.3 is 9.15 Å². The number of carbonyl (C=O) groups excluding carboxylic acids is 1. The third kappa shape index (κ3) is 6.97. The fraction of sp³-hybridized carbons (Fsp3) is 0.500. The molecule has 2 aromatic heterocycles. The van der Waals surface area contributed by atoms with Gasteiger partial charge in [0.15, 0.2) is 5.01 Å². The van der Waals surface area contributed by atoms with Gasteiger partial charge in [-0.05, 0) is 45.2 Å². The van der Waals surface area contributed by atoms with Gasteiger partial charge >= 0.3 is 6.18 Å². The maximum Gasteiger partial charge on any atom is 0.404 e. The molecular weight excluding hydrogens is 581 g/mol. The number of hydrogen-bond donors (Lipinski definition) is 1. The van der Waals surface area contributed by atoms with Crippen molar-refractivity contribution >= 4 is 39.4 Å². The number of sulfonamides is 1. The van der Waals surface area contributed by atoms with Crippen LogP contribution in [0.5, 0.6) is 0 Å². The van der Waals surface area contributed by atoms with Gasteiger partial charge in [0.25, 0.3) is 12.4 Å². The second kappa shape index (κ2) is 11.1. The highest BCUT2D eigenvalue weighted by molar-refractivity contribution is 7.89. The molecule has 0 unspecified atom stereocenters. The van der Waals surface area contributed by atoms with Crippen LogP contribution in [0.4, 0.5) is 13.2 Å². The Morgan fingerprint density at radius 2 is 2.00 bits per heavy atom. The number of halogens is 4. The Balaban J connectivity index is 1.66. The number of ether oxygens (including phenoxy) is 1. The Morgan fingerprint density at radius 3 is 2.59 bits per heavy atom. The Bertz CT molecular complexity index is 1450. The van der Waals surface area contributed by atoms with Crippen LogP contribution in [-0.4, -0.2) is 47.9 Å². The Kier molecular flexibility index (Phi) is 8.41. The molecule has 0 amide bonds. The second-order valence-corrected chi connectivity index (χ2v) is 13.1. The summed E-state index contributed by atoms with van der Waals surface area (Å²) < 4.78 is 76.2. The topological polar surface area (TPSA) is 124 Å². The van der Waals surface area contributed by atoms with Gasteiger partial charge in [-0.15, -0.1) is 21.5 Å². The lowest BCUT2D eigenvalue weighted by atomic mass is 9.82. The maximum atomic E-state index is 12.9. The molecule has 1 N–H and O–H groups in total. The van der Waals surface area contributed by atoms with Gasteiger partial charge in [0, 0.05) is 5.56 Å². The van der Waals surface area contributed by atoms with Crippen molar-refractivity contribution in [3.63, 3.8) is 0 Å². The predicted molar refractivity (Wildman–Crippen MR) is 138 cm³/mol. The van der Waals surface area contributed by atoms with Crippen LogP contribution >= 0.6 is 22.9 Å². The van der Waals surface area contributed by atoms with Crippen molar-refractivity contribution in [3.05, 3.63) is 34.8 Å². The first kappa shape index (κ1) is 29.4. The van der Waals surface area contributed by atoms with Crippen LogP contribution in [0.3, 0.4) is 0 Å². The summed E-state index contributed by atoms with van der Waals surface area (Å²) in [5.74, 6) is 0.853. The van der Waals surface area contributed by atoms with E-state index in [1.807, 2.05) is 0 Å². The van der Waals surface area contributed by atoms with Gasteiger partial charge in [0.2, 0.25) is 15.9 Å². The van der Waals surface area contributed by atoms with Gasteiger partial charge in [-0.3, -0.25) is 4.79 Å². The highest BCUT2D eigenvalue weighted by Crippen LogP contribution is 2.42. The molecule has 1 saturated carbocycles. The van der Waals surface area contributed by atoms with E-state index < -0.39 is 27.8 Å². The molecule has 1 atom stereocenters. The highest BCUT2D eigenvalue weighted by atomic mass is 35.5. The number of thiazole rings is 1. The van der Waals surface area contributed by atoms with Crippen molar-refractivity contribution in [3.8, 4) is 21.3 Å². The second-order valence-electron chi connectivity index (χ2n) is 9.97. The normalized spacial score (nSPS) is 15.7. The number of nitrogens with one attached hydrogen (secondary N) is 1. The monoisotopic (exact) mass is 606 g/mol. The molecule has 39 heavy (non-hydrogen) atoms. The third-order valence-electron chi connectivity index (χ3n) is 6.32. The summed E-state index contributed by atoms with van der Waals surface area (Å²) >= 11 is 7.72. The lowest BCUT2D eigenvalue weighted by Gasteiger charge is -2.24. The first-order chi connectivity index (χ1) is 18.2. The quantitative estimate of drug-likeness (QED) is 0.281. The molecular formula is C24H26ClF3N4O5S2. The fourth-order valence-corrected chi connectivity index (χ4v) is 6.63. The lowest BCUT2D eigenvalue weighted by Crippen LogP contribution is -2.42. The third-order valence-corrected chi connectivity index (χ3v) is 9.29. The zero-order valence-electron chi connectivity index (χ0n) is 21.2. The smallest absolute Gasteiger partial charge is 0.404 e. The molecule has 0 saturated heterocycles. The van der Waals surface area contributed by atoms with E-state index >= 15 is 0 Å². The van der Waals surface area contributed by atoms with Crippen LogP contribution < -0.4 is 4.72 Å². The number of alkyl halides is 3. The van der Waals surface area contributed by atoms with Crippen LogP contribution in [0, 0.1) is 5.92 Å². The number of nitrogens with zero attached hydrogens (tertiary/aromatic N) is 3. The minimum absolute atomic E-state index is 0.0431. The molecule has 3 aromatic rings. The minimum Gasteiger partial charge on any atom is -0.461 e. The van der Waals surface area contributed by atoms with Gasteiger partial charge in [-0.1, -0.05) is 36.9 Å². The van der Waals surface area contributed by atoms with Gasteiger partial charge in [-0.2, -0.15) is 17.9 Å². The van der Waals surface area contributed by atoms with Gasteiger partial charge in [0.1, 0.15) is 11.6 Å². The van der Waals surface area contributed by atoms with E-state index in [-0.39, 0.29) is 28.1 Å². The minimum atomic E-state index is -4.74. The van der Waals surface area contributed by atoms with Crippen molar-refractivity contribution in [1.29, 1.82) is 0 Å². The summed E-state index contributed by atoms with van der Waals surface area (Å²) in [7, 11) is -4.47.